The monoisotopic (exact) mass is 213 g/mol. The van der Waals surface area contributed by atoms with Gasteiger partial charge in [-0.25, -0.2) is 0 Å². The molecule has 3 nitrogen and oxygen atoms in total. The molecule has 1 saturated carbocycles. The lowest BCUT2D eigenvalue weighted by Crippen LogP contribution is -2.30. The van der Waals surface area contributed by atoms with Gasteiger partial charge in [-0.05, 0) is 31.2 Å². The predicted molar refractivity (Wildman–Crippen MR) is 60.4 cm³/mol. The molecule has 0 amide bonds. The molecule has 88 valence electrons. The first-order valence-corrected chi connectivity index (χ1v) is 6.08. The lowest BCUT2D eigenvalue weighted by molar-refractivity contribution is -0.146. The maximum atomic E-state index is 11.6. The van der Waals surface area contributed by atoms with Crippen molar-refractivity contribution in [3.63, 3.8) is 0 Å². The van der Waals surface area contributed by atoms with E-state index in [0.29, 0.717) is 19.6 Å². The van der Waals surface area contributed by atoms with Crippen molar-refractivity contribution in [3.8, 4) is 0 Å². The number of hydrogen-bond donors (Lipinski definition) is 1. The lowest BCUT2D eigenvalue weighted by atomic mass is 9.83. The van der Waals surface area contributed by atoms with Crippen molar-refractivity contribution < 1.29 is 9.53 Å². The molecule has 0 saturated heterocycles. The number of esters is 1. The number of carbonyl (C=O) groups is 1. The third-order valence-electron chi connectivity index (χ3n) is 3.38. The second-order valence-corrected chi connectivity index (χ2v) is 4.66. The third kappa shape index (κ3) is 3.82. The molecule has 15 heavy (non-hydrogen) atoms. The Hall–Kier alpha value is -0.570. The summed E-state index contributed by atoms with van der Waals surface area (Å²) in [5.41, 5.74) is 5.82. The van der Waals surface area contributed by atoms with Crippen molar-refractivity contribution in [1.29, 1.82) is 0 Å². The van der Waals surface area contributed by atoms with E-state index < -0.39 is 0 Å². The molecule has 1 aliphatic rings. The van der Waals surface area contributed by atoms with Gasteiger partial charge in [0.25, 0.3) is 0 Å². The first kappa shape index (κ1) is 12.5. The average Bonchev–Trinajstić information content (AvgIpc) is 2.67. The summed E-state index contributed by atoms with van der Waals surface area (Å²) in [7, 11) is 0. The lowest BCUT2D eigenvalue weighted by Gasteiger charge is -2.25. The Morgan fingerprint density at radius 3 is 2.60 bits per heavy atom. The molecule has 0 bridgehead atoms. The van der Waals surface area contributed by atoms with Crippen LogP contribution < -0.4 is 5.73 Å². The third-order valence-corrected chi connectivity index (χ3v) is 3.38. The molecule has 2 N–H and O–H groups in total. The molecule has 0 unspecified atom stereocenters. The van der Waals surface area contributed by atoms with E-state index in [1.54, 1.807) is 0 Å². The predicted octanol–water partition coefficient (Wildman–Crippen LogP) is 2.24. The highest BCUT2D eigenvalue weighted by atomic mass is 16.5. The summed E-state index contributed by atoms with van der Waals surface area (Å²) in [5, 5.41) is 0. The van der Waals surface area contributed by atoms with Gasteiger partial charge in [-0.2, -0.15) is 0 Å². The summed E-state index contributed by atoms with van der Waals surface area (Å²) in [6.45, 7) is 3.28. The number of unbranched alkanes of at least 4 members (excludes halogenated alkanes) is 1. The molecule has 0 aromatic rings. The van der Waals surface area contributed by atoms with Crippen LogP contribution in [0, 0.1) is 5.41 Å². The van der Waals surface area contributed by atoms with Gasteiger partial charge in [-0.3, -0.25) is 4.79 Å². The minimum Gasteiger partial charge on any atom is -0.466 e. The van der Waals surface area contributed by atoms with Crippen molar-refractivity contribution >= 4 is 5.97 Å². The summed E-state index contributed by atoms with van der Waals surface area (Å²) in [6.07, 6.45) is 7.14. The fourth-order valence-electron chi connectivity index (χ4n) is 2.27. The highest BCUT2D eigenvalue weighted by molar-refractivity contribution is 5.70. The molecule has 1 aliphatic carbocycles. The molecule has 1 fully saturated rings. The maximum absolute atomic E-state index is 11.6. The van der Waals surface area contributed by atoms with Crippen molar-refractivity contribution in [2.45, 2.75) is 51.9 Å². The number of ether oxygens (including phenoxy) is 1. The second-order valence-electron chi connectivity index (χ2n) is 4.66. The number of rotatable bonds is 6. The van der Waals surface area contributed by atoms with Gasteiger partial charge in [0.2, 0.25) is 0 Å². The van der Waals surface area contributed by atoms with E-state index in [-0.39, 0.29) is 11.4 Å². The molecule has 0 spiro atoms. The molecule has 0 aromatic carbocycles. The summed E-state index contributed by atoms with van der Waals surface area (Å²) in [6, 6.07) is 0. The van der Waals surface area contributed by atoms with Crippen LogP contribution in [0.4, 0.5) is 0 Å². The summed E-state index contributed by atoms with van der Waals surface area (Å²) in [5.74, 6) is -0.0594. The molecule has 0 atom stereocenters. The number of hydrogen-bond acceptors (Lipinski definition) is 3. The fraction of sp³-hybridized carbons (Fsp3) is 0.917. The van der Waals surface area contributed by atoms with E-state index in [1.807, 2.05) is 0 Å². The molecule has 1 rings (SSSR count). The van der Waals surface area contributed by atoms with Crippen LogP contribution in [-0.2, 0) is 9.53 Å². The summed E-state index contributed by atoms with van der Waals surface area (Å²) in [4.78, 5) is 11.6. The minimum absolute atomic E-state index is 0.0588. The second kappa shape index (κ2) is 6.11. The van der Waals surface area contributed by atoms with Gasteiger partial charge in [0.05, 0.1) is 13.0 Å². The van der Waals surface area contributed by atoms with Crippen molar-refractivity contribution in [3.05, 3.63) is 0 Å². The standard InChI is InChI=1S/C12H23NO2/c1-2-3-8-15-11(14)9-12(10-13)6-4-5-7-12/h2-10,13H2,1H3. The van der Waals surface area contributed by atoms with E-state index >= 15 is 0 Å². The van der Waals surface area contributed by atoms with Crippen LogP contribution in [-0.4, -0.2) is 19.1 Å². The van der Waals surface area contributed by atoms with Crippen LogP contribution in [0.1, 0.15) is 51.9 Å². The average molecular weight is 213 g/mol. The Morgan fingerprint density at radius 2 is 2.07 bits per heavy atom. The quantitative estimate of drug-likeness (QED) is 0.544. The molecule has 0 aromatic heterocycles. The maximum Gasteiger partial charge on any atom is 0.306 e. The van der Waals surface area contributed by atoms with Gasteiger partial charge in [-0.1, -0.05) is 26.2 Å². The van der Waals surface area contributed by atoms with Crippen molar-refractivity contribution in [2.24, 2.45) is 11.1 Å². The molecule has 0 heterocycles. The van der Waals surface area contributed by atoms with E-state index in [0.717, 1.165) is 25.7 Å². The highest BCUT2D eigenvalue weighted by Crippen LogP contribution is 2.40. The number of carbonyl (C=O) groups excluding carboxylic acids is 1. The normalized spacial score (nSPS) is 19.1. The van der Waals surface area contributed by atoms with Crippen LogP contribution in [0.15, 0.2) is 0 Å². The van der Waals surface area contributed by atoms with Gasteiger partial charge < -0.3 is 10.5 Å². The molecule has 3 heteroatoms. The first-order valence-electron chi connectivity index (χ1n) is 6.08. The summed E-state index contributed by atoms with van der Waals surface area (Å²) >= 11 is 0. The van der Waals surface area contributed by atoms with Crippen LogP contribution >= 0.6 is 0 Å². The van der Waals surface area contributed by atoms with E-state index in [1.165, 1.54) is 12.8 Å². The van der Waals surface area contributed by atoms with Crippen LogP contribution in [0.3, 0.4) is 0 Å². The largest absolute Gasteiger partial charge is 0.466 e. The zero-order valence-corrected chi connectivity index (χ0v) is 9.76. The zero-order valence-electron chi connectivity index (χ0n) is 9.76. The Bertz CT molecular complexity index is 198. The van der Waals surface area contributed by atoms with Gasteiger partial charge >= 0.3 is 5.97 Å². The molecular formula is C12H23NO2. The van der Waals surface area contributed by atoms with Crippen LogP contribution in [0.25, 0.3) is 0 Å². The number of nitrogens with two attached hydrogens (primary N) is 1. The summed E-state index contributed by atoms with van der Waals surface area (Å²) < 4.78 is 5.18. The van der Waals surface area contributed by atoms with Crippen molar-refractivity contribution in [2.75, 3.05) is 13.2 Å². The molecule has 0 aliphatic heterocycles. The van der Waals surface area contributed by atoms with Crippen LogP contribution in [0.2, 0.25) is 0 Å². The minimum atomic E-state index is -0.0594. The van der Waals surface area contributed by atoms with Crippen molar-refractivity contribution in [1.82, 2.24) is 0 Å². The van der Waals surface area contributed by atoms with Gasteiger partial charge in [0.15, 0.2) is 0 Å². The molecular weight excluding hydrogens is 190 g/mol. The Kier molecular flexibility index (Phi) is 5.09. The Morgan fingerprint density at radius 1 is 1.40 bits per heavy atom. The van der Waals surface area contributed by atoms with Gasteiger partial charge in [0, 0.05) is 0 Å². The molecule has 0 radical (unpaired) electrons. The first-order chi connectivity index (χ1) is 7.22. The van der Waals surface area contributed by atoms with Crippen LogP contribution in [0.5, 0.6) is 0 Å². The van der Waals surface area contributed by atoms with Gasteiger partial charge in [-0.15, -0.1) is 0 Å². The van der Waals surface area contributed by atoms with Gasteiger partial charge in [0.1, 0.15) is 0 Å². The Labute approximate surface area is 92.4 Å². The van der Waals surface area contributed by atoms with E-state index in [2.05, 4.69) is 6.92 Å². The fourth-order valence-corrected chi connectivity index (χ4v) is 2.27. The smallest absolute Gasteiger partial charge is 0.306 e. The zero-order chi connectivity index (χ0) is 11.1. The van der Waals surface area contributed by atoms with E-state index in [9.17, 15) is 4.79 Å². The van der Waals surface area contributed by atoms with E-state index in [4.69, 9.17) is 10.5 Å². The highest BCUT2D eigenvalue weighted by Gasteiger charge is 2.35. The Balaban J connectivity index is 2.28. The SMILES string of the molecule is CCCCOC(=O)CC1(CN)CCCC1. The topological polar surface area (TPSA) is 52.3 Å².